The van der Waals surface area contributed by atoms with Crippen molar-refractivity contribution in [3.63, 3.8) is 0 Å². The topological polar surface area (TPSA) is 61.4 Å². The van der Waals surface area contributed by atoms with Crippen LogP contribution in [0.5, 0.6) is 5.75 Å². The molecular weight excluding hydrogens is 223 g/mol. The molecule has 1 atom stereocenters. The zero-order valence-electron chi connectivity index (χ0n) is 9.59. The summed E-state index contributed by atoms with van der Waals surface area (Å²) in [4.78, 5) is 12.0. The van der Waals surface area contributed by atoms with Crippen LogP contribution in [0.15, 0.2) is 18.2 Å². The van der Waals surface area contributed by atoms with Crippen molar-refractivity contribution in [3.8, 4) is 5.75 Å². The summed E-state index contributed by atoms with van der Waals surface area (Å²) >= 11 is 0. The molecular formula is C12H15FN2O2. The Morgan fingerprint density at radius 2 is 2.35 bits per heavy atom. The number of nitrogens with one attached hydrogen (secondary N) is 2. The molecule has 0 aliphatic carbocycles. The van der Waals surface area contributed by atoms with E-state index in [0.717, 1.165) is 19.0 Å². The second-order valence-electron chi connectivity index (χ2n) is 4.61. The summed E-state index contributed by atoms with van der Waals surface area (Å²) < 4.78 is 13.1. The third-order valence-electron chi connectivity index (χ3n) is 3.12. The molecule has 1 aliphatic heterocycles. The van der Waals surface area contributed by atoms with Gasteiger partial charge in [0.15, 0.2) is 11.6 Å². The number of hydrogen-bond acceptors (Lipinski definition) is 3. The fraction of sp³-hybridized carbons (Fsp3) is 0.417. The van der Waals surface area contributed by atoms with Crippen LogP contribution in [0, 0.1) is 11.2 Å². The molecule has 0 saturated carbocycles. The first-order valence-corrected chi connectivity index (χ1v) is 5.52. The zero-order valence-corrected chi connectivity index (χ0v) is 9.59. The highest BCUT2D eigenvalue weighted by atomic mass is 19.1. The number of amides is 1. The van der Waals surface area contributed by atoms with Crippen LogP contribution in [0.3, 0.4) is 0 Å². The number of rotatable bonds is 2. The molecule has 1 aromatic carbocycles. The number of carbonyl (C=O) groups is 1. The predicted molar refractivity (Wildman–Crippen MR) is 62.3 cm³/mol. The summed E-state index contributed by atoms with van der Waals surface area (Å²) in [6.07, 6.45) is 0.763. The minimum absolute atomic E-state index is 0.132. The molecule has 17 heavy (non-hydrogen) atoms. The van der Waals surface area contributed by atoms with E-state index in [9.17, 15) is 9.18 Å². The van der Waals surface area contributed by atoms with Gasteiger partial charge in [-0.05, 0) is 32.0 Å². The maximum atomic E-state index is 13.1. The van der Waals surface area contributed by atoms with Gasteiger partial charge in [-0.1, -0.05) is 0 Å². The number of aromatic hydroxyl groups is 1. The third kappa shape index (κ3) is 2.39. The van der Waals surface area contributed by atoms with Crippen LogP contribution in [0.4, 0.5) is 10.1 Å². The van der Waals surface area contributed by atoms with Gasteiger partial charge in [0.1, 0.15) is 0 Å². The first kappa shape index (κ1) is 11.9. The van der Waals surface area contributed by atoms with E-state index in [1.807, 2.05) is 6.92 Å². The minimum Gasteiger partial charge on any atom is -0.505 e. The number of phenolic OH excluding ortho intramolecular Hbond substituents is 1. The normalized spacial score (nSPS) is 23.6. The van der Waals surface area contributed by atoms with Crippen LogP contribution in [-0.4, -0.2) is 24.1 Å². The van der Waals surface area contributed by atoms with Gasteiger partial charge in [-0.15, -0.1) is 0 Å². The van der Waals surface area contributed by atoms with Crippen molar-refractivity contribution >= 4 is 11.6 Å². The highest BCUT2D eigenvalue weighted by Gasteiger charge is 2.36. The molecule has 3 N–H and O–H groups in total. The summed E-state index contributed by atoms with van der Waals surface area (Å²) in [5.41, 5.74) is -0.0904. The number of anilines is 1. The van der Waals surface area contributed by atoms with Crippen LogP contribution < -0.4 is 10.6 Å². The van der Waals surface area contributed by atoms with E-state index in [4.69, 9.17) is 5.11 Å². The molecule has 1 saturated heterocycles. The van der Waals surface area contributed by atoms with Gasteiger partial charge in [-0.25, -0.2) is 4.39 Å². The fourth-order valence-electron chi connectivity index (χ4n) is 1.88. The highest BCUT2D eigenvalue weighted by molar-refractivity contribution is 5.95. The van der Waals surface area contributed by atoms with Gasteiger partial charge in [0, 0.05) is 18.3 Å². The van der Waals surface area contributed by atoms with Gasteiger partial charge in [0.2, 0.25) is 5.91 Å². The molecule has 0 radical (unpaired) electrons. The lowest BCUT2D eigenvalue weighted by molar-refractivity contribution is -0.123. The molecule has 1 aliphatic rings. The average molecular weight is 238 g/mol. The van der Waals surface area contributed by atoms with Crippen LogP contribution in [0.25, 0.3) is 0 Å². The average Bonchev–Trinajstić information content (AvgIpc) is 2.72. The van der Waals surface area contributed by atoms with E-state index in [1.165, 1.54) is 12.1 Å². The van der Waals surface area contributed by atoms with Gasteiger partial charge < -0.3 is 15.7 Å². The molecule has 2 rings (SSSR count). The summed E-state index contributed by atoms with van der Waals surface area (Å²) in [5, 5.41) is 14.8. The summed E-state index contributed by atoms with van der Waals surface area (Å²) in [6, 6.07) is 3.81. The van der Waals surface area contributed by atoms with Gasteiger partial charge in [0.25, 0.3) is 0 Å². The molecule has 1 heterocycles. The smallest absolute Gasteiger partial charge is 0.231 e. The Bertz CT molecular complexity index is 442. The van der Waals surface area contributed by atoms with Gasteiger partial charge >= 0.3 is 0 Å². The van der Waals surface area contributed by atoms with Gasteiger partial charge in [0.05, 0.1) is 5.41 Å². The Hall–Kier alpha value is -1.62. The molecule has 4 nitrogen and oxygen atoms in total. The van der Waals surface area contributed by atoms with Crippen LogP contribution in [0.2, 0.25) is 0 Å². The molecule has 1 fully saturated rings. The lowest BCUT2D eigenvalue weighted by atomic mass is 9.89. The van der Waals surface area contributed by atoms with Crippen molar-refractivity contribution in [2.75, 3.05) is 18.4 Å². The summed E-state index contributed by atoms with van der Waals surface area (Å²) in [7, 11) is 0. The molecule has 1 aromatic rings. The Morgan fingerprint density at radius 3 is 2.94 bits per heavy atom. The SMILES string of the molecule is CC1(C(=O)Nc2ccc(O)c(F)c2)CCNC1. The second kappa shape index (κ2) is 4.33. The first-order chi connectivity index (χ1) is 8.01. The lowest BCUT2D eigenvalue weighted by Gasteiger charge is -2.21. The summed E-state index contributed by atoms with van der Waals surface area (Å²) in [5.74, 6) is -1.29. The molecule has 0 spiro atoms. The molecule has 92 valence electrons. The maximum Gasteiger partial charge on any atom is 0.231 e. The molecule has 5 heteroatoms. The van der Waals surface area contributed by atoms with Gasteiger partial charge in [-0.2, -0.15) is 0 Å². The Kier molecular flexibility index (Phi) is 3.02. The van der Waals surface area contributed by atoms with E-state index in [0.29, 0.717) is 12.2 Å². The number of benzene rings is 1. The zero-order chi connectivity index (χ0) is 12.5. The largest absolute Gasteiger partial charge is 0.505 e. The van der Waals surface area contributed by atoms with E-state index < -0.39 is 17.0 Å². The van der Waals surface area contributed by atoms with Gasteiger partial charge in [-0.3, -0.25) is 4.79 Å². The number of phenols is 1. The molecule has 1 amide bonds. The van der Waals surface area contributed by atoms with Crippen molar-refractivity contribution in [3.05, 3.63) is 24.0 Å². The highest BCUT2D eigenvalue weighted by Crippen LogP contribution is 2.27. The molecule has 0 aromatic heterocycles. The second-order valence-corrected chi connectivity index (χ2v) is 4.61. The van der Waals surface area contributed by atoms with Crippen molar-refractivity contribution in [2.24, 2.45) is 5.41 Å². The van der Waals surface area contributed by atoms with Crippen molar-refractivity contribution in [1.82, 2.24) is 5.32 Å². The lowest BCUT2D eigenvalue weighted by Crippen LogP contribution is -2.35. The van der Waals surface area contributed by atoms with E-state index in [-0.39, 0.29) is 5.91 Å². The molecule has 0 bridgehead atoms. The predicted octanol–water partition coefficient (Wildman–Crippen LogP) is 1.47. The van der Waals surface area contributed by atoms with Crippen LogP contribution in [-0.2, 0) is 4.79 Å². The number of hydrogen-bond donors (Lipinski definition) is 3. The number of halogens is 1. The van der Waals surface area contributed by atoms with E-state index >= 15 is 0 Å². The van der Waals surface area contributed by atoms with Crippen molar-refractivity contribution in [1.29, 1.82) is 0 Å². The Labute approximate surface area is 98.8 Å². The summed E-state index contributed by atoms with van der Waals surface area (Å²) in [6.45, 7) is 3.31. The standard InChI is InChI=1S/C12H15FN2O2/c1-12(4-5-14-7-12)11(17)15-8-2-3-10(16)9(13)6-8/h2-3,6,14,16H,4-5,7H2,1H3,(H,15,17). The first-order valence-electron chi connectivity index (χ1n) is 5.52. The van der Waals surface area contributed by atoms with Crippen molar-refractivity contribution in [2.45, 2.75) is 13.3 Å². The Balaban J connectivity index is 2.10. The molecule has 1 unspecified atom stereocenters. The van der Waals surface area contributed by atoms with Crippen LogP contribution >= 0.6 is 0 Å². The Morgan fingerprint density at radius 1 is 1.59 bits per heavy atom. The third-order valence-corrected chi connectivity index (χ3v) is 3.12. The monoisotopic (exact) mass is 238 g/mol. The maximum absolute atomic E-state index is 13.1. The fourth-order valence-corrected chi connectivity index (χ4v) is 1.88. The van der Waals surface area contributed by atoms with Crippen molar-refractivity contribution < 1.29 is 14.3 Å². The van der Waals surface area contributed by atoms with E-state index in [2.05, 4.69) is 10.6 Å². The van der Waals surface area contributed by atoms with E-state index in [1.54, 1.807) is 0 Å². The van der Waals surface area contributed by atoms with Crippen LogP contribution in [0.1, 0.15) is 13.3 Å². The quantitative estimate of drug-likeness (QED) is 0.684. The minimum atomic E-state index is -0.738. The number of carbonyl (C=O) groups excluding carboxylic acids is 1.